The van der Waals surface area contributed by atoms with Crippen LogP contribution in [0.3, 0.4) is 0 Å². The summed E-state index contributed by atoms with van der Waals surface area (Å²) in [6.45, 7) is 5.87. The number of carbonyl (C=O) groups excluding carboxylic acids is 1. The number of benzene rings is 2. The molecule has 1 N–H and O–H groups in total. The van der Waals surface area contributed by atoms with Crippen molar-refractivity contribution in [1.29, 1.82) is 0 Å². The summed E-state index contributed by atoms with van der Waals surface area (Å²) in [5.41, 5.74) is 1.49. The topological polar surface area (TPSA) is 90.7 Å². The number of nitro groups is 1. The van der Waals surface area contributed by atoms with Crippen molar-refractivity contribution in [1.82, 2.24) is 0 Å². The molecule has 0 bridgehead atoms. The van der Waals surface area contributed by atoms with Gasteiger partial charge in [0, 0.05) is 17.8 Å². The van der Waals surface area contributed by atoms with E-state index in [9.17, 15) is 14.9 Å². The Morgan fingerprint density at radius 1 is 1.04 bits per heavy atom. The molecule has 0 fully saturated rings. The van der Waals surface area contributed by atoms with Gasteiger partial charge >= 0.3 is 0 Å². The maximum Gasteiger partial charge on any atom is 0.269 e. The Bertz CT molecular complexity index is 754. The van der Waals surface area contributed by atoms with E-state index in [1.54, 1.807) is 24.3 Å². The molecule has 7 nitrogen and oxygen atoms in total. The number of rotatable bonds is 8. The minimum Gasteiger partial charge on any atom is -0.489 e. The second-order valence-corrected chi connectivity index (χ2v) is 5.36. The number of nitro benzene ring substituents is 1. The third kappa shape index (κ3) is 5.98. The van der Waals surface area contributed by atoms with E-state index in [2.05, 4.69) is 11.9 Å². The van der Waals surface area contributed by atoms with Crippen LogP contribution in [0.15, 0.2) is 60.7 Å². The van der Waals surface area contributed by atoms with Crippen molar-refractivity contribution >= 4 is 17.3 Å². The molecule has 130 valence electrons. The summed E-state index contributed by atoms with van der Waals surface area (Å²) in [5, 5.41) is 13.3. The summed E-state index contributed by atoms with van der Waals surface area (Å²) in [7, 11) is 0. The van der Waals surface area contributed by atoms with Gasteiger partial charge < -0.3 is 14.8 Å². The lowest BCUT2D eigenvalue weighted by molar-refractivity contribution is -0.384. The third-order valence-electron chi connectivity index (χ3n) is 3.04. The van der Waals surface area contributed by atoms with E-state index in [0.717, 1.165) is 5.57 Å². The quantitative estimate of drug-likeness (QED) is 0.450. The number of ether oxygens (including phenoxy) is 2. The summed E-state index contributed by atoms with van der Waals surface area (Å²) in [6.07, 6.45) is 0. The molecule has 7 heteroatoms. The van der Waals surface area contributed by atoms with Gasteiger partial charge in [0.25, 0.3) is 11.6 Å². The van der Waals surface area contributed by atoms with Crippen LogP contribution in [0.5, 0.6) is 11.5 Å². The van der Waals surface area contributed by atoms with Crippen molar-refractivity contribution in [2.75, 3.05) is 18.5 Å². The first-order valence-corrected chi connectivity index (χ1v) is 7.48. The summed E-state index contributed by atoms with van der Waals surface area (Å²) in [5.74, 6) is 0.723. The Kier molecular flexibility index (Phi) is 6.11. The Morgan fingerprint density at radius 3 is 2.08 bits per heavy atom. The number of hydrogen-bond donors (Lipinski definition) is 1. The molecule has 0 aliphatic carbocycles. The molecule has 0 aliphatic heterocycles. The Hall–Kier alpha value is -3.35. The summed E-state index contributed by atoms with van der Waals surface area (Å²) >= 11 is 0. The van der Waals surface area contributed by atoms with Gasteiger partial charge in [-0.1, -0.05) is 6.58 Å². The van der Waals surface area contributed by atoms with E-state index in [1.165, 1.54) is 24.3 Å². The lowest BCUT2D eigenvalue weighted by Crippen LogP contribution is -2.20. The third-order valence-corrected chi connectivity index (χ3v) is 3.04. The van der Waals surface area contributed by atoms with E-state index >= 15 is 0 Å². The minimum atomic E-state index is -0.500. The van der Waals surface area contributed by atoms with Crippen LogP contribution in [0.2, 0.25) is 0 Å². The second-order valence-electron chi connectivity index (χ2n) is 5.36. The lowest BCUT2D eigenvalue weighted by atomic mass is 10.3. The normalized spacial score (nSPS) is 9.96. The number of carbonyl (C=O) groups is 1. The number of non-ortho nitro benzene ring substituents is 1. The van der Waals surface area contributed by atoms with Crippen molar-refractivity contribution in [3.05, 3.63) is 70.8 Å². The summed E-state index contributed by atoms with van der Waals surface area (Å²) in [6, 6.07) is 12.5. The molecule has 25 heavy (non-hydrogen) atoms. The largest absolute Gasteiger partial charge is 0.489 e. The zero-order valence-electron chi connectivity index (χ0n) is 13.7. The fraction of sp³-hybridized carbons (Fsp3) is 0.167. The fourth-order valence-corrected chi connectivity index (χ4v) is 1.85. The number of nitrogens with one attached hydrogen (secondary N) is 1. The van der Waals surface area contributed by atoms with Crippen LogP contribution in [0.1, 0.15) is 6.92 Å². The second kappa shape index (κ2) is 8.49. The van der Waals surface area contributed by atoms with Crippen LogP contribution in [-0.4, -0.2) is 24.0 Å². The average molecular weight is 342 g/mol. The van der Waals surface area contributed by atoms with Gasteiger partial charge in [-0.25, -0.2) is 0 Å². The van der Waals surface area contributed by atoms with Crippen LogP contribution in [-0.2, 0) is 4.79 Å². The highest BCUT2D eigenvalue weighted by Crippen LogP contribution is 2.18. The van der Waals surface area contributed by atoms with Crippen LogP contribution in [0.25, 0.3) is 0 Å². The van der Waals surface area contributed by atoms with Crippen molar-refractivity contribution in [3.63, 3.8) is 0 Å². The standard InChI is InChI=1S/C18H18N2O5/c1-13(2)11-24-16-7-3-14(4-8-16)19-18(21)12-25-17-9-5-15(6-10-17)20(22)23/h3-10H,1,11-12H2,2H3,(H,19,21). The van der Waals surface area contributed by atoms with Gasteiger partial charge in [-0.05, 0) is 48.9 Å². The SMILES string of the molecule is C=C(C)COc1ccc(NC(=O)COc2ccc([N+](=O)[O-])cc2)cc1. The molecule has 2 aromatic rings. The van der Waals surface area contributed by atoms with Gasteiger partial charge in [0.1, 0.15) is 18.1 Å². The molecule has 0 unspecified atom stereocenters. The number of amides is 1. The van der Waals surface area contributed by atoms with E-state index in [-0.39, 0.29) is 18.2 Å². The number of hydrogen-bond acceptors (Lipinski definition) is 5. The molecule has 0 radical (unpaired) electrons. The van der Waals surface area contributed by atoms with Crippen molar-refractivity contribution in [3.8, 4) is 11.5 Å². The minimum absolute atomic E-state index is 0.0363. The molecule has 0 saturated heterocycles. The van der Waals surface area contributed by atoms with Gasteiger partial charge in [0.2, 0.25) is 0 Å². The molecular weight excluding hydrogens is 324 g/mol. The van der Waals surface area contributed by atoms with E-state index < -0.39 is 4.92 Å². The zero-order valence-corrected chi connectivity index (χ0v) is 13.7. The number of anilines is 1. The first kappa shape index (κ1) is 18.0. The van der Waals surface area contributed by atoms with Crippen molar-refractivity contribution < 1.29 is 19.2 Å². The van der Waals surface area contributed by atoms with Crippen LogP contribution < -0.4 is 14.8 Å². The molecule has 0 aromatic heterocycles. The molecule has 0 spiro atoms. The smallest absolute Gasteiger partial charge is 0.269 e. The molecule has 0 saturated carbocycles. The molecular formula is C18H18N2O5. The summed E-state index contributed by atoms with van der Waals surface area (Å²) < 4.78 is 10.8. The molecule has 0 atom stereocenters. The Morgan fingerprint density at radius 2 is 1.56 bits per heavy atom. The molecule has 0 heterocycles. The molecule has 2 aromatic carbocycles. The highest BCUT2D eigenvalue weighted by atomic mass is 16.6. The van der Waals surface area contributed by atoms with Crippen LogP contribution in [0, 0.1) is 10.1 Å². The van der Waals surface area contributed by atoms with Gasteiger partial charge in [0.15, 0.2) is 6.61 Å². The van der Waals surface area contributed by atoms with Crippen LogP contribution >= 0.6 is 0 Å². The Labute approximate surface area is 145 Å². The molecule has 2 rings (SSSR count). The van der Waals surface area contributed by atoms with Gasteiger partial charge in [-0.3, -0.25) is 14.9 Å². The van der Waals surface area contributed by atoms with E-state index in [0.29, 0.717) is 23.8 Å². The van der Waals surface area contributed by atoms with Crippen LogP contribution in [0.4, 0.5) is 11.4 Å². The van der Waals surface area contributed by atoms with Crippen molar-refractivity contribution in [2.24, 2.45) is 0 Å². The van der Waals surface area contributed by atoms with E-state index in [4.69, 9.17) is 9.47 Å². The lowest BCUT2D eigenvalue weighted by Gasteiger charge is -2.09. The predicted molar refractivity (Wildman–Crippen MR) is 94.0 cm³/mol. The van der Waals surface area contributed by atoms with E-state index in [1.807, 2.05) is 6.92 Å². The first-order chi connectivity index (χ1) is 11.9. The molecule has 1 amide bonds. The van der Waals surface area contributed by atoms with Crippen molar-refractivity contribution in [2.45, 2.75) is 6.92 Å². The first-order valence-electron chi connectivity index (χ1n) is 7.48. The summed E-state index contributed by atoms with van der Waals surface area (Å²) in [4.78, 5) is 21.9. The average Bonchev–Trinajstić information content (AvgIpc) is 2.59. The highest BCUT2D eigenvalue weighted by molar-refractivity contribution is 5.91. The maximum atomic E-state index is 11.9. The fourth-order valence-electron chi connectivity index (χ4n) is 1.85. The van der Waals surface area contributed by atoms with Gasteiger partial charge in [-0.15, -0.1) is 0 Å². The maximum absolute atomic E-state index is 11.9. The number of nitrogens with zero attached hydrogens (tertiary/aromatic N) is 1. The zero-order chi connectivity index (χ0) is 18.2. The monoisotopic (exact) mass is 342 g/mol. The highest BCUT2D eigenvalue weighted by Gasteiger charge is 2.07. The van der Waals surface area contributed by atoms with Gasteiger partial charge in [0.05, 0.1) is 4.92 Å². The Balaban J connectivity index is 1.81. The predicted octanol–water partition coefficient (Wildman–Crippen LogP) is 3.57. The van der Waals surface area contributed by atoms with Gasteiger partial charge in [-0.2, -0.15) is 0 Å². The molecule has 0 aliphatic rings.